The van der Waals surface area contributed by atoms with Gasteiger partial charge in [0.15, 0.2) is 5.16 Å². The fourth-order valence-corrected chi connectivity index (χ4v) is 4.10. The van der Waals surface area contributed by atoms with Crippen molar-refractivity contribution < 1.29 is 14.6 Å². The molecule has 0 amide bonds. The molecule has 1 aromatic carbocycles. The topological polar surface area (TPSA) is 64.5 Å². The van der Waals surface area contributed by atoms with E-state index in [0.29, 0.717) is 16.9 Å². The molecule has 2 unspecified atom stereocenters. The summed E-state index contributed by atoms with van der Waals surface area (Å²) in [5.74, 6) is 1.07. The molecule has 6 heteroatoms. The molecule has 0 spiro atoms. The average Bonchev–Trinajstić information content (AvgIpc) is 2.70. The van der Waals surface area contributed by atoms with Gasteiger partial charge in [-0.25, -0.2) is 0 Å². The number of benzene rings is 1. The number of aliphatic hydroxyl groups is 1. The number of nitrogens with zero attached hydrogens (tertiary/aromatic N) is 2. The van der Waals surface area contributed by atoms with E-state index in [1.807, 2.05) is 0 Å². The van der Waals surface area contributed by atoms with Crippen molar-refractivity contribution in [2.45, 2.75) is 49.9 Å². The Morgan fingerprint density at radius 2 is 1.58 bits per heavy atom. The van der Waals surface area contributed by atoms with Crippen molar-refractivity contribution >= 4 is 11.8 Å². The Morgan fingerprint density at radius 1 is 1.04 bits per heavy atom. The van der Waals surface area contributed by atoms with Gasteiger partial charge in [0.05, 0.1) is 26.9 Å². The number of hydrogen-bond donors (Lipinski definition) is 1. The highest BCUT2D eigenvalue weighted by Gasteiger charge is 2.25. The van der Waals surface area contributed by atoms with Crippen LogP contribution in [0, 0.1) is 0 Å². The lowest BCUT2D eigenvalue weighted by Gasteiger charge is -2.26. The molecule has 0 fully saturated rings. The summed E-state index contributed by atoms with van der Waals surface area (Å²) >= 11 is 1.46. The second kappa shape index (κ2) is 9.78. The summed E-state index contributed by atoms with van der Waals surface area (Å²) < 4.78 is 10.4. The first kappa shape index (κ1) is 20.5. The summed E-state index contributed by atoms with van der Waals surface area (Å²) in [7, 11) is 3.13. The van der Waals surface area contributed by atoms with Gasteiger partial charge in [-0.2, -0.15) is 9.97 Å². The van der Waals surface area contributed by atoms with E-state index in [-0.39, 0.29) is 17.8 Å². The molecule has 1 aromatic heterocycles. The summed E-state index contributed by atoms with van der Waals surface area (Å²) in [6.45, 7) is 6.54. The minimum atomic E-state index is -0.0650. The smallest absolute Gasteiger partial charge is 0.220 e. The SMILES string of the molecule is CCc1cccc(CC)c1C(C)C(CO)Sc1nc(OC)cc(OC)n1. The predicted molar refractivity (Wildman–Crippen MR) is 105 cm³/mol. The molecule has 0 aliphatic rings. The maximum atomic E-state index is 10.1. The molecule has 0 aliphatic carbocycles. The van der Waals surface area contributed by atoms with Crippen molar-refractivity contribution in [1.29, 1.82) is 0 Å². The van der Waals surface area contributed by atoms with Crippen molar-refractivity contribution in [3.8, 4) is 11.8 Å². The largest absolute Gasteiger partial charge is 0.481 e. The van der Waals surface area contributed by atoms with Crippen LogP contribution in [0.3, 0.4) is 0 Å². The lowest BCUT2D eigenvalue weighted by molar-refractivity contribution is 0.284. The zero-order valence-electron chi connectivity index (χ0n) is 16.2. The van der Waals surface area contributed by atoms with Crippen LogP contribution in [-0.4, -0.2) is 41.2 Å². The molecule has 1 heterocycles. The van der Waals surface area contributed by atoms with E-state index in [1.165, 1.54) is 28.5 Å². The highest BCUT2D eigenvalue weighted by Crippen LogP contribution is 2.36. The monoisotopic (exact) mass is 376 g/mol. The van der Waals surface area contributed by atoms with Gasteiger partial charge in [-0.1, -0.05) is 50.7 Å². The van der Waals surface area contributed by atoms with E-state index in [9.17, 15) is 5.11 Å². The maximum Gasteiger partial charge on any atom is 0.220 e. The quantitative estimate of drug-likeness (QED) is 0.529. The van der Waals surface area contributed by atoms with Crippen molar-refractivity contribution in [2.24, 2.45) is 0 Å². The number of hydrogen-bond acceptors (Lipinski definition) is 6. The van der Waals surface area contributed by atoms with E-state index in [0.717, 1.165) is 12.8 Å². The number of rotatable bonds is 9. The number of aromatic nitrogens is 2. The third kappa shape index (κ3) is 4.68. The molecule has 0 aliphatic heterocycles. The van der Waals surface area contributed by atoms with Crippen LogP contribution < -0.4 is 9.47 Å². The number of thioether (sulfide) groups is 1. The standard InChI is InChI=1S/C20H28N2O3S/c1-6-14-9-8-10-15(7-2)19(14)13(3)16(12-23)26-20-21-17(24-4)11-18(22-20)25-5/h8-11,13,16,23H,6-7,12H2,1-5H3. The Balaban J connectivity index is 2.35. The third-order valence-electron chi connectivity index (χ3n) is 4.58. The molecular weight excluding hydrogens is 348 g/mol. The molecule has 26 heavy (non-hydrogen) atoms. The van der Waals surface area contributed by atoms with E-state index in [1.54, 1.807) is 20.3 Å². The Hall–Kier alpha value is -1.79. The lowest BCUT2D eigenvalue weighted by atomic mass is 9.87. The normalized spacial score (nSPS) is 13.3. The Morgan fingerprint density at radius 3 is 2.00 bits per heavy atom. The Labute approximate surface area is 160 Å². The molecule has 2 aromatic rings. The summed E-state index contributed by atoms with van der Waals surface area (Å²) in [6.07, 6.45) is 1.94. The predicted octanol–water partition coefficient (Wildman–Crippen LogP) is 3.88. The van der Waals surface area contributed by atoms with Crippen molar-refractivity contribution in [3.05, 3.63) is 41.0 Å². The van der Waals surface area contributed by atoms with Gasteiger partial charge in [-0.15, -0.1) is 0 Å². The average molecular weight is 377 g/mol. The van der Waals surface area contributed by atoms with Gasteiger partial charge in [0.1, 0.15) is 0 Å². The second-order valence-corrected chi connectivity index (χ2v) is 7.27. The van der Waals surface area contributed by atoms with Crippen molar-refractivity contribution in [2.75, 3.05) is 20.8 Å². The summed E-state index contributed by atoms with van der Waals surface area (Å²) in [5.41, 5.74) is 4.00. The van der Waals surface area contributed by atoms with E-state index >= 15 is 0 Å². The molecule has 2 rings (SSSR count). The highest BCUT2D eigenvalue weighted by molar-refractivity contribution is 7.99. The first-order valence-electron chi connectivity index (χ1n) is 8.93. The van der Waals surface area contributed by atoms with E-state index in [2.05, 4.69) is 48.9 Å². The molecule has 0 radical (unpaired) electrons. The summed E-state index contributed by atoms with van der Waals surface area (Å²) in [4.78, 5) is 8.77. The van der Waals surface area contributed by atoms with Gasteiger partial charge in [-0.3, -0.25) is 0 Å². The van der Waals surface area contributed by atoms with E-state index in [4.69, 9.17) is 9.47 Å². The first-order valence-corrected chi connectivity index (χ1v) is 9.81. The Bertz CT molecular complexity index is 680. The van der Waals surface area contributed by atoms with Crippen LogP contribution in [0.4, 0.5) is 0 Å². The number of aryl methyl sites for hydroxylation is 2. The summed E-state index contributed by atoms with van der Waals surface area (Å²) in [6, 6.07) is 8.11. The fraction of sp³-hybridized carbons (Fsp3) is 0.500. The molecule has 0 bridgehead atoms. The first-order chi connectivity index (χ1) is 12.6. The van der Waals surface area contributed by atoms with Gasteiger partial charge >= 0.3 is 0 Å². The van der Waals surface area contributed by atoms with Crippen LogP contribution >= 0.6 is 11.8 Å². The van der Waals surface area contributed by atoms with Crippen molar-refractivity contribution in [3.63, 3.8) is 0 Å². The third-order valence-corrected chi connectivity index (χ3v) is 5.83. The molecular formula is C20H28N2O3S. The fourth-order valence-electron chi connectivity index (χ4n) is 3.13. The van der Waals surface area contributed by atoms with Gasteiger partial charge in [0, 0.05) is 5.25 Å². The Kier molecular flexibility index (Phi) is 7.72. The van der Waals surface area contributed by atoms with Gasteiger partial charge < -0.3 is 14.6 Å². The van der Waals surface area contributed by atoms with Crippen LogP contribution in [0.1, 0.15) is 43.4 Å². The lowest BCUT2D eigenvalue weighted by Crippen LogP contribution is -2.20. The van der Waals surface area contributed by atoms with Crippen LogP contribution in [-0.2, 0) is 12.8 Å². The molecule has 2 atom stereocenters. The minimum Gasteiger partial charge on any atom is -0.481 e. The molecule has 1 N–H and O–H groups in total. The molecule has 0 saturated heterocycles. The van der Waals surface area contributed by atoms with Crippen LogP contribution in [0.15, 0.2) is 29.4 Å². The summed E-state index contributed by atoms with van der Waals surface area (Å²) in [5, 5.41) is 10.5. The van der Waals surface area contributed by atoms with Gasteiger partial charge in [0.2, 0.25) is 11.8 Å². The number of methoxy groups -OCH3 is 2. The molecule has 0 saturated carbocycles. The van der Waals surface area contributed by atoms with Crippen LogP contribution in [0.5, 0.6) is 11.8 Å². The number of ether oxygens (including phenoxy) is 2. The minimum absolute atomic E-state index is 0.0376. The maximum absolute atomic E-state index is 10.1. The van der Waals surface area contributed by atoms with Crippen molar-refractivity contribution in [1.82, 2.24) is 9.97 Å². The number of aliphatic hydroxyl groups excluding tert-OH is 1. The molecule has 142 valence electrons. The zero-order chi connectivity index (χ0) is 19.1. The van der Waals surface area contributed by atoms with Gasteiger partial charge in [-0.05, 0) is 35.4 Å². The van der Waals surface area contributed by atoms with E-state index < -0.39 is 0 Å². The second-order valence-electron chi connectivity index (χ2n) is 6.06. The molecule has 5 nitrogen and oxygen atoms in total. The van der Waals surface area contributed by atoms with Crippen LogP contribution in [0.25, 0.3) is 0 Å². The highest BCUT2D eigenvalue weighted by atomic mass is 32.2. The van der Waals surface area contributed by atoms with Crippen LogP contribution in [0.2, 0.25) is 0 Å². The van der Waals surface area contributed by atoms with Gasteiger partial charge in [0.25, 0.3) is 0 Å². The zero-order valence-corrected chi connectivity index (χ0v) is 17.0.